The molecule has 0 unspecified atom stereocenters. The minimum Gasteiger partial charge on any atom is -0.369 e. The van der Waals surface area contributed by atoms with Crippen molar-refractivity contribution in [2.24, 2.45) is 0 Å². The number of benzene rings is 1. The Morgan fingerprint density at radius 2 is 1.95 bits per heavy atom. The molecule has 1 saturated heterocycles. The summed E-state index contributed by atoms with van der Waals surface area (Å²) in [4.78, 5) is 22.3. The minimum absolute atomic E-state index is 0.0869. The van der Waals surface area contributed by atoms with Crippen LogP contribution < -0.4 is 10.6 Å². The molecule has 6 nitrogen and oxygen atoms in total. The van der Waals surface area contributed by atoms with Crippen molar-refractivity contribution in [2.45, 2.75) is 24.9 Å². The van der Waals surface area contributed by atoms with Crippen LogP contribution in [-0.2, 0) is 11.3 Å². The van der Waals surface area contributed by atoms with Gasteiger partial charge in [-0.1, -0.05) is 12.1 Å². The van der Waals surface area contributed by atoms with E-state index in [1.165, 1.54) is 0 Å². The van der Waals surface area contributed by atoms with Crippen LogP contribution in [0.5, 0.6) is 0 Å². The topological polar surface area (TPSA) is 73.1 Å². The Morgan fingerprint density at radius 3 is 2.68 bits per heavy atom. The lowest BCUT2D eigenvalue weighted by Crippen LogP contribution is -2.58. The molecule has 4 rings (SSSR count). The Bertz CT molecular complexity index is 674. The predicted molar refractivity (Wildman–Crippen MR) is 84.5 cm³/mol. The van der Waals surface area contributed by atoms with E-state index in [1.54, 1.807) is 6.20 Å². The Kier molecular flexibility index (Phi) is 3.11. The third-order valence-corrected chi connectivity index (χ3v) is 4.62. The van der Waals surface area contributed by atoms with Crippen molar-refractivity contribution in [2.75, 3.05) is 23.7 Å². The number of hydrogen-bond acceptors (Lipinski definition) is 4. The summed E-state index contributed by atoms with van der Waals surface area (Å²) in [6, 6.07) is 7.87. The van der Waals surface area contributed by atoms with E-state index in [0.29, 0.717) is 0 Å². The van der Waals surface area contributed by atoms with Crippen LogP contribution in [0.15, 0.2) is 36.7 Å². The van der Waals surface area contributed by atoms with Crippen LogP contribution in [0, 0.1) is 0 Å². The standard InChI is InChI=1S/C16H19N5O/c22-15-16(20-13-4-2-1-3-12(13)19-15)5-9-21(10-6-16)11-14-17-7-8-18-14/h1-4,7-8,20H,5-6,9-11H2,(H,17,18)(H,19,22). The number of aromatic amines is 1. The molecule has 1 aromatic heterocycles. The van der Waals surface area contributed by atoms with E-state index in [9.17, 15) is 4.79 Å². The quantitative estimate of drug-likeness (QED) is 0.790. The number of carbonyl (C=O) groups is 1. The maximum atomic E-state index is 12.5. The number of rotatable bonds is 2. The molecule has 22 heavy (non-hydrogen) atoms. The molecule has 0 bridgehead atoms. The monoisotopic (exact) mass is 297 g/mol. The van der Waals surface area contributed by atoms with Crippen LogP contribution in [0.25, 0.3) is 0 Å². The molecule has 2 aliphatic rings. The summed E-state index contributed by atoms with van der Waals surface area (Å²) >= 11 is 0. The zero-order chi connectivity index (χ0) is 15.0. The highest BCUT2D eigenvalue weighted by atomic mass is 16.2. The van der Waals surface area contributed by atoms with Crippen LogP contribution in [0.1, 0.15) is 18.7 Å². The predicted octanol–water partition coefficient (Wildman–Crippen LogP) is 1.81. The van der Waals surface area contributed by atoms with Crippen molar-refractivity contribution < 1.29 is 4.79 Å². The zero-order valence-corrected chi connectivity index (χ0v) is 12.3. The van der Waals surface area contributed by atoms with Gasteiger partial charge in [-0.25, -0.2) is 4.98 Å². The van der Waals surface area contributed by atoms with Gasteiger partial charge in [-0.15, -0.1) is 0 Å². The average molecular weight is 297 g/mol. The van der Waals surface area contributed by atoms with Gasteiger partial charge in [0.15, 0.2) is 0 Å². The van der Waals surface area contributed by atoms with Crippen LogP contribution in [0.3, 0.4) is 0 Å². The number of aromatic nitrogens is 2. The molecule has 114 valence electrons. The van der Waals surface area contributed by atoms with Crippen molar-refractivity contribution in [3.8, 4) is 0 Å². The van der Waals surface area contributed by atoms with Crippen molar-refractivity contribution in [3.63, 3.8) is 0 Å². The minimum atomic E-state index is -0.478. The second kappa shape index (κ2) is 5.14. The number of piperidine rings is 1. The number of nitrogens with zero attached hydrogens (tertiary/aromatic N) is 2. The molecule has 0 radical (unpaired) electrons. The van der Waals surface area contributed by atoms with E-state index in [1.807, 2.05) is 30.5 Å². The maximum absolute atomic E-state index is 12.5. The van der Waals surface area contributed by atoms with E-state index >= 15 is 0 Å². The molecular weight excluding hydrogens is 278 g/mol. The number of fused-ring (bicyclic) bond motifs is 1. The molecule has 0 saturated carbocycles. The highest BCUT2D eigenvalue weighted by Crippen LogP contribution is 2.36. The lowest BCUT2D eigenvalue weighted by molar-refractivity contribution is -0.122. The summed E-state index contributed by atoms with van der Waals surface area (Å²) < 4.78 is 0. The Hall–Kier alpha value is -2.34. The highest BCUT2D eigenvalue weighted by Gasteiger charge is 2.44. The first-order valence-corrected chi connectivity index (χ1v) is 7.64. The van der Waals surface area contributed by atoms with E-state index in [4.69, 9.17) is 0 Å². The number of hydrogen-bond donors (Lipinski definition) is 3. The molecule has 1 amide bonds. The van der Waals surface area contributed by atoms with Gasteiger partial charge in [0, 0.05) is 25.5 Å². The SMILES string of the molecule is O=C1Nc2ccccc2NC12CCN(Cc1ncc[nH]1)CC2. The molecule has 3 N–H and O–H groups in total. The molecule has 6 heteroatoms. The van der Waals surface area contributed by atoms with Crippen LogP contribution in [-0.4, -0.2) is 39.4 Å². The summed E-state index contributed by atoms with van der Waals surface area (Å²) in [7, 11) is 0. The number of H-pyrrole nitrogens is 1. The number of carbonyl (C=O) groups excluding carboxylic acids is 1. The lowest BCUT2D eigenvalue weighted by Gasteiger charge is -2.44. The summed E-state index contributed by atoms with van der Waals surface area (Å²) in [5.41, 5.74) is 1.41. The molecular formula is C16H19N5O. The summed E-state index contributed by atoms with van der Waals surface area (Å²) in [6.45, 7) is 2.56. The normalized spacial score (nSPS) is 20.3. The Labute approximate surface area is 128 Å². The average Bonchev–Trinajstić information content (AvgIpc) is 3.04. The molecule has 3 heterocycles. The van der Waals surface area contributed by atoms with Gasteiger partial charge in [0.1, 0.15) is 11.4 Å². The third-order valence-electron chi connectivity index (χ3n) is 4.62. The summed E-state index contributed by atoms with van der Waals surface area (Å²) in [5, 5.41) is 6.52. The first-order chi connectivity index (χ1) is 10.8. The van der Waals surface area contributed by atoms with E-state index in [0.717, 1.165) is 49.7 Å². The second-order valence-corrected chi connectivity index (χ2v) is 6.02. The highest BCUT2D eigenvalue weighted by molar-refractivity contribution is 6.06. The van der Waals surface area contributed by atoms with Crippen molar-refractivity contribution in [1.82, 2.24) is 14.9 Å². The number of nitrogens with one attached hydrogen (secondary N) is 3. The fourth-order valence-electron chi connectivity index (χ4n) is 3.30. The third kappa shape index (κ3) is 2.25. The number of imidazole rings is 1. The number of likely N-dealkylation sites (tertiary alicyclic amines) is 1. The molecule has 0 aliphatic carbocycles. The second-order valence-electron chi connectivity index (χ2n) is 6.02. The molecule has 1 fully saturated rings. The lowest BCUT2D eigenvalue weighted by atomic mass is 9.84. The molecule has 2 aliphatic heterocycles. The van der Waals surface area contributed by atoms with Crippen LogP contribution in [0.4, 0.5) is 11.4 Å². The first-order valence-electron chi connectivity index (χ1n) is 7.64. The fraction of sp³-hybridized carbons (Fsp3) is 0.375. The van der Waals surface area contributed by atoms with Gasteiger partial charge in [0.25, 0.3) is 0 Å². The van der Waals surface area contributed by atoms with E-state index in [-0.39, 0.29) is 5.91 Å². The Balaban J connectivity index is 1.47. The number of para-hydroxylation sites is 2. The van der Waals surface area contributed by atoms with Gasteiger partial charge >= 0.3 is 0 Å². The first kappa shape index (κ1) is 13.3. The van der Waals surface area contributed by atoms with Gasteiger partial charge in [0.05, 0.1) is 17.9 Å². The maximum Gasteiger partial charge on any atom is 0.250 e. The van der Waals surface area contributed by atoms with Crippen molar-refractivity contribution in [3.05, 3.63) is 42.5 Å². The van der Waals surface area contributed by atoms with Crippen LogP contribution >= 0.6 is 0 Å². The van der Waals surface area contributed by atoms with Gasteiger partial charge in [-0.2, -0.15) is 0 Å². The molecule has 1 aromatic carbocycles. The molecule has 1 spiro atoms. The van der Waals surface area contributed by atoms with Gasteiger partial charge in [0.2, 0.25) is 5.91 Å². The number of anilines is 2. The van der Waals surface area contributed by atoms with E-state index in [2.05, 4.69) is 25.5 Å². The molecule has 0 atom stereocenters. The van der Waals surface area contributed by atoms with Gasteiger partial charge in [-0.3, -0.25) is 9.69 Å². The van der Waals surface area contributed by atoms with Crippen molar-refractivity contribution >= 4 is 17.3 Å². The number of amides is 1. The van der Waals surface area contributed by atoms with Crippen molar-refractivity contribution in [1.29, 1.82) is 0 Å². The molecule has 2 aromatic rings. The smallest absolute Gasteiger partial charge is 0.250 e. The van der Waals surface area contributed by atoms with Gasteiger partial charge in [-0.05, 0) is 25.0 Å². The summed E-state index contributed by atoms with van der Waals surface area (Å²) in [6.07, 6.45) is 5.21. The zero-order valence-electron chi connectivity index (χ0n) is 12.3. The fourth-order valence-corrected chi connectivity index (χ4v) is 3.30. The van der Waals surface area contributed by atoms with Crippen LogP contribution in [0.2, 0.25) is 0 Å². The summed E-state index contributed by atoms with van der Waals surface area (Å²) in [5.74, 6) is 1.06. The largest absolute Gasteiger partial charge is 0.369 e. The van der Waals surface area contributed by atoms with E-state index < -0.39 is 5.54 Å². The van der Waals surface area contributed by atoms with Gasteiger partial charge < -0.3 is 15.6 Å². The Morgan fingerprint density at radius 1 is 1.18 bits per heavy atom.